The molecule has 1 aliphatic rings. The summed E-state index contributed by atoms with van der Waals surface area (Å²) in [6, 6.07) is 6.02. The first kappa shape index (κ1) is 18.1. The van der Waals surface area contributed by atoms with Crippen LogP contribution in [0.15, 0.2) is 28.7 Å². The molecular formula is C19H21BrFNO3. The molecule has 6 heteroatoms. The van der Waals surface area contributed by atoms with Crippen molar-refractivity contribution >= 4 is 21.7 Å². The summed E-state index contributed by atoms with van der Waals surface area (Å²) >= 11 is 3.24. The number of aryl methyl sites for hydroxylation is 1. The number of Topliss-reactive ketones (excluding diaryl/α,β-unsaturated/α-hetero) is 1. The summed E-state index contributed by atoms with van der Waals surface area (Å²) in [6.45, 7) is 5.44. The fourth-order valence-corrected chi connectivity index (χ4v) is 3.63. The van der Waals surface area contributed by atoms with Gasteiger partial charge in [0.05, 0.1) is 10.6 Å². The van der Waals surface area contributed by atoms with Gasteiger partial charge in [0.2, 0.25) is 5.78 Å². The van der Waals surface area contributed by atoms with Crippen molar-refractivity contribution in [1.82, 2.24) is 4.57 Å². The molecule has 3 rings (SSSR count). The Hall–Kier alpha value is -1.66. The molecule has 2 aromatic rings. The number of carbonyl (C=O) groups excluding carboxylic acids is 1. The van der Waals surface area contributed by atoms with E-state index in [0.29, 0.717) is 15.8 Å². The number of hydrogen-bond acceptors (Lipinski definition) is 3. The minimum atomic E-state index is -0.358. The van der Waals surface area contributed by atoms with Crippen molar-refractivity contribution in [3.05, 3.63) is 51.5 Å². The van der Waals surface area contributed by atoms with Crippen LogP contribution in [0.3, 0.4) is 0 Å². The van der Waals surface area contributed by atoms with Gasteiger partial charge < -0.3 is 14.0 Å². The maximum absolute atomic E-state index is 13.1. The van der Waals surface area contributed by atoms with Crippen molar-refractivity contribution in [2.45, 2.75) is 39.3 Å². The van der Waals surface area contributed by atoms with Crippen molar-refractivity contribution in [2.75, 3.05) is 13.2 Å². The Morgan fingerprint density at radius 3 is 2.88 bits per heavy atom. The molecule has 0 saturated carbocycles. The van der Waals surface area contributed by atoms with Crippen LogP contribution in [0.5, 0.6) is 5.75 Å². The van der Waals surface area contributed by atoms with Gasteiger partial charge in [-0.05, 0) is 66.9 Å². The maximum atomic E-state index is 13.1. The van der Waals surface area contributed by atoms with Crippen LogP contribution in [0.4, 0.5) is 4.39 Å². The second-order valence-electron chi connectivity index (χ2n) is 6.32. The lowest BCUT2D eigenvalue weighted by atomic mass is 10.1. The van der Waals surface area contributed by atoms with Crippen LogP contribution in [-0.2, 0) is 11.3 Å². The Labute approximate surface area is 155 Å². The molecule has 0 radical (unpaired) electrons. The second-order valence-corrected chi connectivity index (χ2v) is 7.17. The van der Waals surface area contributed by atoms with E-state index in [9.17, 15) is 9.18 Å². The molecule has 0 unspecified atom stereocenters. The average Bonchev–Trinajstić information content (AvgIpc) is 3.17. The van der Waals surface area contributed by atoms with E-state index in [-0.39, 0.29) is 24.3 Å². The maximum Gasteiger partial charge on any atom is 0.202 e. The summed E-state index contributed by atoms with van der Waals surface area (Å²) in [5.74, 6) is -0.00550. The zero-order valence-electron chi connectivity index (χ0n) is 14.4. The van der Waals surface area contributed by atoms with Gasteiger partial charge in [0.25, 0.3) is 0 Å². The lowest BCUT2D eigenvalue weighted by Gasteiger charge is -2.15. The fraction of sp³-hybridized carbons (Fsp3) is 0.421. The average molecular weight is 410 g/mol. The van der Waals surface area contributed by atoms with Crippen molar-refractivity contribution in [3.63, 3.8) is 0 Å². The molecule has 0 N–H and O–H groups in total. The highest BCUT2D eigenvalue weighted by atomic mass is 79.9. The molecule has 1 atom stereocenters. The Morgan fingerprint density at radius 1 is 1.40 bits per heavy atom. The summed E-state index contributed by atoms with van der Waals surface area (Å²) in [7, 11) is 0. The summed E-state index contributed by atoms with van der Waals surface area (Å²) in [4.78, 5) is 12.6. The second kappa shape index (κ2) is 7.70. The van der Waals surface area contributed by atoms with E-state index >= 15 is 0 Å². The van der Waals surface area contributed by atoms with Gasteiger partial charge in [-0.3, -0.25) is 4.79 Å². The Bertz CT molecular complexity index is 781. The third-order valence-electron chi connectivity index (χ3n) is 4.54. The molecule has 0 aliphatic carbocycles. The predicted molar refractivity (Wildman–Crippen MR) is 96.8 cm³/mol. The Balaban J connectivity index is 1.69. The number of ether oxygens (including phenoxy) is 2. The number of ketones is 1. The van der Waals surface area contributed by atoms with E-state index in [2.05, 4.69) is 20.5 Å². The van der Waals surface area contributed by atoms with Gasteiger partial charge in [0.15, 0.2) is 6.61 Å². The van der Waals surface area contributed by atoms with Crippen LogP contribution in [0.2, 0.25) is 0 Å². The molecule has 0 amide bonds. The fourth-order valence-electron chi connectivity index (χ4n) is 3.17. The molecular weight excluding hydrogens is 389 g/mol. The molecule has 4 nitrogen and oxygen atoms in total. The van der Waals surface area contributed by atoms with E-state index in [4.69, 9.17) is 9.47 Å². The largest absolute Gasteiger partial charge is 0.484 e. The van der Waals surface area contributed by atoms with Crippen LogP contribution in [0.25, 0.3) is 0 Å². The van der Waals surface area contributed by atoms with Gasteiger partial charge in [0.1, 0.15) is 11.6 Å². The minimum Gasteiger partial charge on any atom is -0.484 e. The number of halogens is 2. The summed E-state index contributed by atoms with van der Waals surface area (Å²) in [6.07, 6.45) is 2.37. The lowest BCUT2D eigenvalue weighted by Crippen LogP contribution is -2.18. The molecule has 1 saturated heterocycles. The molecule has 25 heavy (non-hydrogen) atoms. The summed E-state index contributed by atoms with van der Waals surface area (Å²) in [5.41, 5.74) is 2.63. The number of benzene rings is 1. The van der Waals surface area contributed by atoms with E-state index in [1.54, 1.807) is 0 Å². The first-order chi connectivity index (χ1) is 12.0. The van der Waals surface area contributed by atoms with Crippen LogP contribution in [-0.4, -0.2) is 29.7 Å². The monoisotopic (exact) mass is 409 g/mol. The smallest absolute Gasteiger partial charge is 0.202 e. The van der Waals surface area contributed by atoms with Crippen molar-refractivity contribution in [3.8, 4) is 5.75 Å². The van der Waals surface area contributed by atoms with Gasteiger partial charge in [0, 0.05) is 30.1 Å². The van der Waals surface area contributed by atoms with Gasteiger partial charge in [-0.25, -0.2) is 4.39 Å². The molecule has 1 aromatic carbocycles. The van der Waals surface area contributed by atoms with E-state index in [0.717, 1.165) is 37.4 Å². The van der Waals surface area contributed by atoms with E-state index < -0.39 is 0 Å². The predicted octanol–water partition coefficient (Wildman–Crippen LogP) is 4.45. The topological polar surface area (TPSA) is 40.5 Å². The summed E-state index contributed by atoms with van der Waals surface area (Å²) < 4.78 is 27.0. The van der Waals surface area contributed by atoms with Crippen LogP contribution in [0.1, 0.15) is 34.6 Å². The van der Waals surface area contributed by atoms with Crippen molar-refractivity contribution < 1.29 is 18.7 Å². The van der Waals surface area contributed by atoms with Gasteiger partial charge in [-0.2, -0.15) is 0 Å². The van der Waals surface area contributed by atoms with Crippen LogP contribution >= 0.6 is 15.9 Å². The number of hydrogen-bond donors (Lipinski definition) is 0. The first-order valence-corrected chi connectivity index (χ1v) is 9.14. The molecule has 1 fully saturated rings. The third-order valence-corrected chi connectivity index (χ3v) is 5.16. The Morgan fingerprint density at radius 2 is 2.20 bits per heavy atom. The summed E-state index contributed by atoms with van der Waals surface area (Å²) in [5, 5.41) is 0. The molecule has 0 spiro atoms. The minimum absolute atomic E-state index is 0.0888. The van der Waals surface area contributed by atoms with E-state index in [1.807, 2.05) is 19.9 Å². The molecule has 1 aromatic heterocycles. The SMILES string of the molecule is Cc1cc(C(=O)COc2ccc(F)cc2Br)c(C)n1C[C@H]1CCCO1. The number of nitrogens with zero attached hydrogens (tertiary/aromatic N) is 1. The number of carbonyl (C=O) groups is 1. The standard InChI is InChI=1S/C19H21BrFNO3/c1-12-8-16(13(2)22(12)10-15-4-3-7-24-15)18(23)11-25-19-6-5-14(21)9-17(19)20/h5-6,8-9,15H,3-4,7,10-11H2,1-2H3/t15-/m1/s1. The molecule has 0 bridgehead atoms. The highest BCUT2D eigenvalue weighted by Gasteiger charge is 2.21. The highest BCUT2D eigenvalue weighted by Crippen LogP contribution is 2.26. The molecule has 2 heterocycles. The highest BCUT2D eigenvalue weighted by molar-refractivity contribution is 9.10. The quantitative estimate of drug-likeness (QED) is 0.661. The molecule has 134 valence electrons. The molecule has 1 aliphatic heterocycles. The van der Waals surface area contributed by atoms with E-state index in [1.165, 1.54) is 18.2 Å². The van der Waals surface area contributed by atoms with Crippen LogP contribution < -0.4 is 4.74 Å². The normalized spacial score (nSPS) is 17.0. The van der Waals surface area contributed by atoms with Crippen LogP contribution in [0, 0.1) is 19.7 Å². The third kappa shape index (κ3) is 4.12. The number of rotatable bonds is 6. The van der Waals surface area contributed by atoms with Gasteiger partial charge in [-0.15, -0.1) is 0 Å². The lowest BCUT2D eigenvalue weighted by molar-refractivity contribution is 0.0914. The van der Waals surface area contributed by atoms with Crippen molar-refractivity contribution in [1.29, 1.82) is 0 Å². The van der Waals surface area contributed by atoms with Gasteiger partial charge >= 0.3 is 0 Å². The number of aromatic nitrogens is 1. The van der Waals surface area contributed by atoms with Gasteiger partial charge in [-0.1, -0.05) is 0 Å². The zero-order chi connectivity index (χ0) is 18.0. The van der Waals surface area contributed by atoms with Crippen molar-refractivity contribution in [2.24, 2.45) is 0 Å². The first-order valence-electron chi connectivity index (χ1n) is 8.35. The zero-order valence-corrected chi connectivity index (χ0v) is 15.9. The Kier molecular flexibility index (Phi) is 5.59.